The van der Waals surface area contributed by atoms with Gasteiger partial charge in [0, 0.05) is 11.3 Å². The Labute approximate surface area is 112 Å². The first-order valence-corrected chi connectivity index (χ1v) is 6.64. The lowest BCUT2D eigenvalue weighted by atomic mass is 10.3. The quantitative estimate of drug-likeness (QED) is 0.459. The average Bonchev–Trinajstić information content (AvgIpc) is 2.45. The van der Waals surface area contributed by atoms with Crippen LogP contribution < -0.4 is 4.74 Å². The highest BCUT2D eigenvalue weighted by Gasteiger charge is 1.89. The van der Waals surface area contributed by atoms with Gasteiger partial charge in [-0.2, -0.15) is 0 Å². The van der Waals surface area contributed by atoms with Crippen molar-refractivity contribution in [2.75, 3.05) is 6.61 Å². The van der Waals surface area contributed by atoms with Gasteiger partial charge in [0.25, 0.3) is 0 Å². The highest BCUT2D eigenvalue weighted by atomic mass is 32.2. The molecule has 0 heterocycles. The SMILES string of the molecule is C(#CSc1ccccc1)CCOc1ccccc1. The number of hydrogen-bond acceptors (Lipinski definition) is 2. The predicted octanol–water partition coefficient (Wildman–Crippen LogP) is 4.21. The van der Waals surface area contributed by atoms with Crippen LogP contribution in [-0.4, -0.2) is 6.61 Å². The number of thioether (sulfide) groups is 1. The topological polar surface area (TPSA) is 9.23 Å². The summed E-state index contributed by atoms with van der Waals surface area (Å²) >= 11 is 1.55. The van der Waals surface area contributed by atoms with E-state index in [1.54, 1.807) is 11.8 Å². The van der Waals surface area contributed by atoms with Crippen LogP contribution in [-0.2, 0) is 0 Å². The van der Waals surface area contributed by atoms with Gasteiger partial charge < -0.3 is 4.74 Å². The summed E-state index contributed by atoms with van der Waals surface area (Å²) in [6, 6.07) is 20.0. The summed E-state index contributed by atoms with van der Waals surface area (Å²) in [4.78, 5) is 1.17. The van der Waals surface area contributed by atoms with E-state index in [1.807, 2.05) is 48.5 Å². The predicted molar refractivity (Wildman–Crippen MR) is 76.6 cm³/mol. The zero-order valence-corrected chi connectivity index (χ0v) is 10.8. The minimum atomic E-state index is 0.631. The van der Waals surface area contributed by atoms with E-state index >= 15 is 0 Å². The van der Waals surface area contributed by atoms with E-state index in [-0.39, 0.29) is 0 Å². The van der Waals surface area contributed by atoms with Gasteiger partial charge in [-0.25, -0.2) is 0 Å². The normalized spacial score (nSPS) is 9.33. The molecule has 90 valence electrons. The minimum Gasteiger partial charge on any atom is -0.493 e. The molecule has 0 saturated heterocycles. The number of ether oxygens (including phenoxy) is 1. The average molecular weight is 254 g/mol. The van der Waals surface area contributed by atoms with Crippen LogP contribution in [0, 0.1) is 11.2 Å². The lowest BCUT2D eigenvalue weighted by Gasteiger charge is -2.01. The summed E-state index contributed by atoms with van der Waals surface area (Å²) in [6.07, 6.45) is 0.745. The summed E-state index contributed by atoms with van der Waals surface area (Å²) in [5.74, 6) is 3.99. The van der Waals surface area contributed by atoms with Crippen molar-refractivity contribution in [3.05, 3.63) is 60.7 Å². The van der Waals surface area contributed by atoms with E-state index in [1.165, 1.54) is 4.90 Å². The van der Waals surface area contributed by atoms with Gasteiger partial charge in [-0.3, -0.25) is 0 Å². The molecule has 0 atom stereocenters. The Morgan fingerprint density at radius 2 is 1.56 bits per heavy atom. The summed E-state index contributed by atoms with van der Waals surface area (Å²) < 4.78 is 5.55. The molecule has 0 bridgehead atoms. The van der Waals surface area contributed by atoms with Crippen LogP contribution in [0.1, 0.15) is 6.42 Å². The molecule has 0 N–H and O–H groups in total. The van der Waals surface area contributed by atoms with Gasteiger partial charge in [0.2, 0.25) is 0 Å². The van der Waals surface area contributed by atoms with Crippen molar-refractivity contribution >= 4 is 11.8 Å². The number of para-hydroxylation sites is 1. The molecule has 0 aliphatic rings. The van der Waals surface area contributed by atoms with Crippen molar-refractivity contribution in [1.82, 2.24) is 0 Å². The molecule has 2 aromatic carbocycles. The second-order valence-electron chi connectivity index (χ2n) is 3.61. The second kappa shape index (κ2) is 7.47. The van der Waals surface area contributed by atoms with Gasteiger partial charge in [-0.05, 0) is 41.3 Å². The summed E-state index contributed by atoms with van der Waals surface area (Å²) in [6.45, 7) is 0.631. The molecule has 2 aromatic rings. The van der Waals surface area contributed by atoms with E-state index in [0.717, 1.165) is 12.2 Å². The molecule has 2 heteroatoms. The third-order valence-electron chi connectivity index (χ3n) is 2.22. The maximum Gasteiger partial charge on any atom is 0.119 e. The third-order valence-corrected chi connectivity index (χ3v) is 2.98. The van der Waals surface area contributed by atoms with Crippen molar-refractivity contribution in [3.8, 4) is 16.9 Å². The van der Waals surface area contributed by atoms with Crippen molar-refractivity contribution < 1.29 is 4.74 Å². The largest absolute Gasteiger partial charge is 0.493 e. The number of hydrogen-bond donors (Lipinski definition) is 0. The van der Waals surface area contributed by atoms with Gasteiger partial charge in [-0.15, -0.1) is 0 Å². The van der Waals surface area contributed by atoms with E-state index < -0.39 is 0 Å². The fraction of sp³-hybridized carbons (Fsp3) is 0.125. The standard InChI is InChI=1S/C16H14OS/c1-3-9-15(10-4-1)17-13-7-8-14-18-16-11-5-2-6-12-16/h1-6,9-12H,7,13H2. The van der Waals surface area contributed by atoms with Gasteiger partial charge in [-0.1, -0.05) is 42.3 Å². The second-order valence-corrected chi connectivity index (χ2v) is 4.49. The summed E-state index contributed by atoms with van der Waals surface area (Å²) in [5.41, 5.74) is 0. The molecule has 0 unspecified atom stereocenters. The molecule has 0 aliphatic heterocycles. The molecule has 0 aromatic heterocycles. The zero-order valence-electron chi connectivity index (χ0n) is 10.0. The Morgan fingerprint density at radius 3 is 2.28 bits per heavy atom. The molecular weight excluding hydrogens is 240 g/mol. The third kappa shape index (κ3) is 4.57. The van der Waals surface area contributed by atoms with Crippen molar-refractivity contribution in [2.45, 2.75) is 11.3 Å². The molecule has 0 amide bonds. The van der Waals surface area contributed by atoms with Crippen molar-refractivity contribution in [1.29, 1.82) is 0 Å². The van der Waals surface area contributed by atoms with Gasteiger partial charge in [0.1, 0.15) is 5.75 Å². The minimum absolute atomic E-state index is 0.631. The molecule has 18 heavy (non-hydrogen) atoms. The summed E-state index contributed by atoms with van der Waals surface area (Å²) in [7, 11) is 0. The highest BCUT2D eigenvalue weighted by molar-refractivity contribution is 8.03. The maximum absolute atomic E-state index is 5.55. The van der Waals surface area contributed by atoms with Crippen LogP contribution in [0.15, 0.2) is 65.6 Å². The van der Waals surface area contributed by atoms with Crippen molar-refractivity contribution in [3.63, 3.8) is 0 Å². The first-order valence-electron chi connectivity index (χ1n) is 5.83. The van der Waals surface area contributed by atoms with Crippen LogP contribution in [0.25, 0.3) is 0 Å². The smallest absolute Gasteiger partial charge is 0.119 e. The number of benzene rings is 2. The molecule has 0 fully saturated rings. The molecule has 0 aliphatic carbocycles. The molecule has 0 saturated carbocycles. The maximum atomic E-state index is 5.55. The molecule has 1 nitrogen and oxygen atoms in total. The van der Waals surface area contributed by atoms with Crippen LogP contribution in [0.2, 0.25) is 0 Å². The molecule has 0 spiro atoms. The zero-order chi connectivity index (χ0) is 12.5. The lowest BCUT2D eigenvalue weighted by Crippen LogP contribution is -1.94. The van der Waals surface area contributed by atoms with Crippen LogP contribution in [0.4, 0.5) is 0 Å². The van der Waals surface area contributed by atoms with Crippen LogP contribution in [0.3, 0.4) is 0 Å². The monoisotopic (exact) mass is 254 g/mol. The van der Waals surface area contributed by atoms with E-state index in [4.69, 9.17) is 4.74 Å². The van der Waals surface area contributed by atoms with Crippen LogP contribution >= 0.6 is 11.8 Å². The van der Waals surface area contributed by atoms with Gasteiger partial charge >= 0.3 is 0 Å². The first kappa shape index (κ1) is 12.6. The van der Waals surface area contributed by atoms with Crippen LogP contribution in [0.5, 0.6) is 5.75 Å². The Morgan fingerprint density at radius 1 is 0.889 bits per heavy atom. The fourth-order valence-corrected chi connectivity index (χ4v) is 1.96. The lowest BCUT2D eigenvalue weighted by molar-refractivity contribution is 0.327. The first-order chi connectivity index (χ1) is 8.95. The highest BCUT2D eigenvalue weighted by Crippen LogP contribution is 2.15. The Kier molecular flexibility index (Phi) is 5.23. The van der Waals surface area contributed by atoms with Gasteiger partial charge in [0.15, 0.2) is 0 Å². The molecule has 2 rings (SSSR count). The van der Waals surface area contributed by atoms with Gasteiger partial charge in [0.05, 0.1) is 6.61 Å². The van der Waals surface area contributed by atoms with E-state index in [0.29, 0.717) is 6.61 Å². The Bertz CT molecular complexity index is 511. The van der Waals surface area contributed by atoms with E-state index in [9.17, 15) is 0 Å². The summed E-state index contributed by atoms with van der Waals surface area (Å²) in [5, 5.41) is 3.07. The number of rotatable bonds is 4. The molecule has 0 radical (unpaired) electrons. The molecular formula is C16H14OS. The Balaban J connectivity index is 1.67. The van der Waals surface area contributed by atoms with E-state index in [2.05, 4.69) is 23.3 Å². The fourth-order valence-electron chi connectivity index (χ4n) is 1.37. The Hall–Kier alpha value is -1.85. The van der Waals surface area contributed by atoms with Crippen molar-refractivity contribution in [2.24, 2.45) is 0 Å².